The third-order valence-electron chi connectivity index (χ3n) is 2.59. The van der Waals surface area contributed by atoms with Crippen molar-refractivity contribution >= 4 is 0 Å². The average Bonchev–Trinajstić information content (AvgIpc) is 2.47. The van der Waals surface area contributed by atoms with E-state index in [0.29, 0.717) is 11.5 Å². The summed E-state index contributed by atoms with van der Waals surface area (Å²) >= 11 is 0. The molecule has 0 radical (unpaired) electrons. The van der Waals surface area contributed by atoms with Gasteiger partial charge in [0, 0.05) is 5.56 Å². The highest BCUT2D eigenvalue weighted by molar-refractivity contribution is 5.39. The maximum atomic E-state index is 13.5. The van der Waals surface area contributed by atoms with Gasteiger partial charge in [0.1, 0.15) is 24.8 Å². The highest BCUT2D eigenvalue weighted by atomic mass is 19.1. The van der Waals surface area contributed by atoms with Crippen LogP contribution in [0, 0.1) is 11.6 Å². The maximum absolute atomic E-state index is 13.5. The van der Waals surface area contributed by atoms with E-state index < -0.39 is 11.6 Å². The predicted molar refractivity (Wildman–Crippen MR) is 69.7 cm³/mol. The Kier molecular flexibility index (Phi) is 4.90. The average molecular weight is 280 g/mol. The van der Waals surface area contributed by atoms with E-state index in [1.54, 1.807) is 24.3 Å². The van der Waals surface area contributed by atoms with Crippen LogP contribution in [-0.2, 0) is 6.61 Å². The molecule has 0 aliphatic carbocycles. The predicted octanol–water partition coefficient (Wildman–Crippen LogP) is 2.91. The molecule has 0 fully saturated rings. The molecule has 0 saturated carbocycles. The lowest BCUT2D eigenvalue weighted by molar-refractivity contribution is 0.192. The highest BCUT2D eigenvalue weighted by Crippen LogP contribution is 2.27. The molecule has 0 aliphatic heterocycles. The third kappa shape index (κ3) is 3.68. The van der Waals surface area contributed by atoms with Crippen LogP contribution in [0.2, 0.25) is 0 Å². The number of hydrogen-bond donors (Lipinski definition) is 1. The molecular formula is C15H14F2O3. The smallest absolute Gasteiger partial charge is 0.161 e. The van der Waals surface area contributed by atoms with Gasteiger partial charge < -0.3 is 14.6 Å². The van der Waals surface area contributed by atoms with Gasteiger partial charge in [-0.15, -0.1) is 0 Å². The SMILES string of the molecule is OCCOc1ccccc1OCc1cc(F)ccc1F. The van der Waals surface area contributed by atoms with E-state index in [0.717, 1.165) is 18.2 Å². The Balaban J connectivity index is 2.08. The number of rotatable bonds is 6. The third-order valence-corrected chi connectivity index (χ3v) is 2.59. The molecule has 0 bridgehead atoms. The molecule has 0 aromatic heterocycles. The second-order valence-corrected chi connectivity index (χ2v) is 4.04. The Hall–Kier alpha value is -2.14. The minimum Gasteiger partial charge on any atom is -0.487 e. The van der Waals surface area contributed by atoms with Crippen LogP contribution in [0.1, 0.15) is 5.56 Å². The standard InChI is InChI=1S/C15H14F2O3/c16-12-5-6-13(17)11(9-12)10-20-15-4-2-1-3-14(15)19-8-7-18/h1-6,9,18H,7-8,10H2. The van der Waals surface area contributed by atoms with Crippen molar-refractivity contribution in [1.82, 2.24) is 0 Å². The molecular weight excluding hydrogens is 266 g/mol. The fraction of sp³-hybridized carbons (Fsp3) is 0.200. The summed E-state index contributed by atoms with van der Waals surface area (Å²) in [5, 5.41) is 8.74. The van der Waals surface area contributed by atoms with E-state index >= 15 is 0 Å². The van der Waals surface area contributed by atoms with Gasteiger partial charge in [0.2, 0.25) is 0 Å². The van der Waals surface area contributed by atoms with Crippen LogP contribution < -0.4 is 9.47 Å². The number of aliphatic hydroxyl groups excluding tert-OH is 1. The number of halogens is 2. The van der Waals surface area contributed by atoms with Gasteiger partial charge in [-0.25, -0.2) is 8.78 Å². The lowest BCUT2D eigenvalue weighted by Gasteiger charge is -2.12. The topological polar surface area (TPSA) is 38.7 Å². The summed E-state index contributed by atoms with van der Waals surface area (Å²) in [5.41, 5.74) is 0.127. The molecule has 2 rings (SSSR count). The van der Waals surface area contributed by atoms with Gasteiger partial charge in [-0.2, -0.15) is 0 Å². The number of ether oxygens (including phenoxy) is 2. The number of hydrogen-bond acceptors (Lipinski definition) is 3. The zero-order valence-electron chi connectivity index (χ0n) is 10.7. The van der Waals surface area contributed by atoms with Crippen LogP contribution in [0.15, 0.2) is 42.5 Å². The number of aliphatic hydroxyl groups is 1. The zero-order chi connectivity index (χ0) is 14.4. The molecule has 0 unspecified atom stereocenters. The van der Waals surface area contributed by atoms with Gasteiger partial charge in [0.15, 0.2) is 11.5 Å². The van der Waals surface area contributed by atoms with Crippen LogP contribution >= 0.6 is 0 Å². The largest absolute Gasteiger partial charge is 0.487 e. The Morgan fingerprint density at radius 2 is 1.65 bits per heavy atom. The summed E-state index contributed by atoms with van der Waals surface area (Å²) in [6.45, 7) is -0.0926. The summed E-state index contributed by atoms with van der Waals surface area (Å²) in [6, 6.07) is 10.0. The van der Waals surface area contributed by atoms with Crippen molar-refractivity contribution in [3.63, 3.8) is 0 Å². The van der Waals surface area contributed by atoms with Crippen molar-refractivity contribution in [1.29, 1.82) is 0 Å². The molecule has 5 heteroatoms. The minimum atomic E-state index is -0.528. The van der Waals surface area contributed by atoms with Gasteiger partial charge in [0.05, 0.1) is 6.61 Å². The number of para-hydroxylation sites is 2. The quantitative estimate of drug-likeness (QED) is 0.884. The molecule has 0 atom stereocenters. The van der Waals surface area contributed by atoms with Crippen LogP contribution in [0.25, 0.3) is 0 Å². The van der Waals surface area contributed by atoms with Crippen LogP contribution in [0.5, 0.6) is 11.5 Å². The van der Waals surface area contributed by atoms with Gasteiger partial charge >= 0.3 is 0 Å². The van der Waals surface area contributed by atoms with Crippen molar-refractivity contribution in [3.8, 4) is 11.5 Å². The second kappa shape index (κ2) is 6.86. The highest BCUT2D eigenvalue weighted by Gasteiger charge is 2.08. The van der Waals surface area contributed by atoms with Crippen molar-refractivity contribution in [3.05, 3.63) is 59.7 Å². The van der Waals surface area contributed by atoms with Crippen molar-refractivity contribution in [2.24, 2.45) is 0 Å². The van der Waals surface area contributed by atoms with Crippen molar-refractivity contribution in [2.45, 2.75) is 6.61 Å². The van der Waals surface area contributed by atoms with Gasteiger partial charge in [-0.3, -0.25) is 0 Å². The summed E-state index contributed by atoms with van der Waals surface area (Å²) in [4.78, 5) is 0. The monoisotopic (exact) mass is 280 g/mol. The first kappa shape index (κ1) is 14.3. The van der Waals surface area contributed by atoms with E-state index in [4.69, 9.17) is 14.6 Å². The molecule has 106 valence electrons. The minimum absolute atomic E-state index is 0.108. The first-order valence-electron chi connectivity index (χ1n) is 6.10. The molecule has 1 N–H and O–H groups in total. The van der Waals surface area contributed by atoms with Gasteiger partial charge in [-0.05, 0) is 30.3 Å². The molecule has 0 spiro atoms. The van der Waals surface area contributed by atoms with E-state index in [-0.39, 0.29) is 25.4 Å². The Labute approximate surface area is 115 Å². The Bertz CT molecular complexity index is 573. The molecule has 0 amide bonds. The van der Waals surface area contributed by atoms with Crippen molar-refractivity contribution < 1.29 is 23.4 Å². The lowest BCUT2D eigenvalue weighted by Crippen LogP contribution is -2.05. The summed E-state index contributed by atoms with van der Waals surface area (Å²) < 4.78 is 37.2. The molecule has 3 nitrogen and oxygen atoms in total. The Morgan fingerprint density at radius 3 is 2.35 bits per heavy atom. The van der Waals surface area contributed by atoms with Crippen LogP contribution in [0.4, 0.5) is 8.78 Å². The second-order valence-electron chi connectivity index (χ2n) is 4.04. The van der Waals surface area contributed by atoms with Gasteiger partial charge in [-0.1, -0.05) is 12.1 Å². The summed E-state index contributed by atoms with van der Waals surface area (Å²) in [7, 11) is 0. The van der Waals surface area contributed by atoms with E-state index in [1.807, 2.05) is 0 Å². The lowest BCUT2D eigenvalue weighted by atomic mass is 10.2. The molecule has 20 heavy (non-hydrogen) atoms. The first-order valence-corrected chi connectivity index (χ1v) is 6.10. The normalized spacial score (nSPS) is 10.3. The van der Waals surface area contributed by atoms with E-state index in [9.17, 15) is 8.78 Å². The number of benzene rings is 2. The molecule has 0 saturated heterocycles. The van der Waals surface area contributed by atoms with E-state index in [2.05, 4.69) is 0 Å². The summed E-state index contributed by atoms with van der Waals surface area (Å²) in [6.07, 6.45) is 0. The maximum Gasteiger partial charge on any atom is 0.161 e. The van der Waals surface area contributed by atoms with E-state index in [1.165, 1.54) is 0 Å². The summed E-state index contributed by atoms with van der Waals surface area (Å²) in [5.74, 6) is -0.196. The van der Waals surface area contributed by atoms with Crippen LogP contribution in [0.3, 0.4) is 0 Å². The van der Waals surface area contributed by atoms with Gasteiger partial charge in [0.25, 0.3) is 0 Å². The molecule has 0 aliphatic rings. The zero-order valence-corrected chi connectivity index (χ0v) is 10.7. The fourth-order valence-electron chi connectivity index (χ4n) is 1.65. The van der Waals surface area contributed by atoms with Crippen LogP contribution in [-0.4, -0.2) is 18.3 Å². The molecule has 2 aromatic carbocycles. The molecule has 2 aromatic rings. The Morgan fingerprint density at radius 1 is 0.950 bits per heavy atom. The first-order chi connectivity index (χ1) is 9.70. The fourth-order valence-corrected chi connectivity index (χ4v) is 1.65. The van der Waals surface area contributed by atoms with Crippen molar-refractivity contribution in [2.75, 3.05) is 13.2 Å². The molecule has 0 heterocycles.